The molecule has 0 bridgehead atoms. The molecule has 4 nitrogen and oxygen atoms in total. The molecule has 20 heavy (non-hydrogen) atoms. The Morgan fingerprint density at radius 1 is 1.30 bits per heavy atom. The van der Waals surface area contributed by atoms with Gasteiger partial charge in [0.05, 0.1) is 0 Å². The van der Waals surface area contributed by atoms with Crippen LogP contribution in [-0.4, -0.2) is 37.7 Å². The van der Waals surface area contributed by atoms with E-state index in [9.17, 15) is 0 Å². The Kier molecular flexibility index (Phi) is 4.13. The van der Waals surface area contributed by atoms with Crippen LogP contribution >= 0.6 is 0 Å². The Morgan fingerprint density at radius 2 is 2.10 bits per heavy atom. The highest BCUT2D eigenvalue weighted by molar-refractivity contribution is 5.44. The smallest absolute Gasteiger partial charge is 0.161 e. The summed E-state index contributed by atoms with van der Waals surface area (Å²) < 4.78 is 11.3. The van der Waals surface area contributed by atoms with E-state index in [1.807, 2.05) is 6.07 Å². The highest BCUT2D eigenvalue weighted by atomic mass is 16.6. The zero-order valence-electron chi connectivity index (χ0n) is 12.2. The summed E-state index contributed by atoms with van der Waals surface area (Å²) in [4.78, 5) is 2.51. The van der Waals surface area contributed by atoms with Crippen LogP contribution in [-0.2, 0) is 0 Å². The fourth-order valence-corrected chi connectivity index (χ4v) is 3.24. The molecule has 0 spiro atoms. The summed E-state index contributed by atoms with van der Waals surface area (Å²) in [6.45, 7) is 6.50. The van der Waals surface area contributed by atoms with Crippen LogP contribution in [0, 0.1) is 5.92 Å². The topological polar surface area (TPSA) is 47.7 Å². The summed E-state index contributed by atoms with van der Waals surface area (Å²) in [6.07, 6.45) is 2.55. The summed E-state index contributed by atoms with van der Waals surface area (Å²) in [5.74, 6) is 2.53. The lowest BCUT2D eigenvalue weighted by Gasteiger charge is -2.28. The van der Waals surface area contributed by atoms with E-state index < -0.39 is 0 Å². The van der Waals surface area contributed by atoms with Gasteiger partial charge in [0.15, 0.2) is 11.5 Å². The molecule has 1 aromatic rings. The number of rotatable bonds is 4. The maximum Gasteiger partial charge on any atom is 0.161 e. The zero-order valence-corrected chi connectivity index (χ0v) is 12.2. The van der Waals surface area contributed by atoms with E-state index in [-0.39, 0.29) is 0 Å². The van der Waals surface area contributed by atoms with Gasteiger partial charge < -0.3 is 15.2 Å². The molecular weight excluding hydrogens is 252 g/mol. The third kappa shape index (κ3) is 2.63. The molecule has 0 aliphatic carbocycles. The first-order valence-electron chi connectivity index (χ1n) is 7.65. The first kappa shape index (κ1) is 13.7. The van der Waals surface area contributed by atoms with Crippen molar-refractivity contribution in [3.05, 3.63) is 23.8 Å². The molecule has 2 heterocycles. The van der Waals surface area contributed by atoms with Gasteiger partial charge in [-0.25, -0.2) is 0 Å². The molecule has 1 saturated heterocycles. The van der Waals surface area contributed by atoms with E-state index in [4.69, 9.17) is 15.2 Å². The fourth-order valence-electron chi connectivity index (χ4n) is 3.24. The van der Waals surface area contributed by atoms with E-state index in [1.165, 1.54) is 18.4 Å². The number of ether oxygens (including phenoxy) is 2. The lowest BCUT2D eigenvalue weighted by atomic mass is 10.0. The molecule has 3 rings (SSSR count). The molecular formula is C16H24N2O2. The molecule has 0 radical (unpaired) electrons. The van der Waals surface area contributed by atoms with Gasteiger partial charge in [0, 0.05) is 19.1 Å². The van der Waals surface area contributed by atoms with Crippen LogP contribution in [0.15, 0.2) is 18.2 Å². The third-order valence-corrected chi connectivity index (χ3v) is 4.51. The minimum Gasteiger partial charge on any atom is -0.486 e. The SMILES string of the molecule is CCC1CCN(C(CN)c2ccc3c(c2)OCCO3)C1. The highest BCUT2D eigenvalue weighted by Crippen LogP contribution is 2.35. The number of benzene rings is 1. The second-order valence-corrected chi connectivity index (χ2v) is 5.71. The van der Waals surface area contributed by atoms with Crippen molar-refractivity contribution in [3.63, 3.8) is 0 Å². The van der Waals surface area contributed by atoms with Crippen LogP contribution in [0.3, 0.4) is 0 Å². The van der Waals surface area contributed by atoms with Gasteiger partial charge in [-0.15, -0.1) is 0 Å². The molecule has 1 aromatic carbocycles. The quantitative estimate of drug-likeness (QED) is 0.916. The van der Waals surface area contributed by atoms with Gasteiger partial charge in [-0.1, -0.05) is 19.4 Å². The van der Waals surface area contributed by atoms with Crippen LogP contribution in [0.5, 0.6) is 11.5 Å². The van der Waals surface area contributed by atoms with E-state index >= 15 is 0 Å². The summed E-state index contributed by atoms with van der Waals surface area (Å²) in [7, 11) is 0. The van der Waals surface area contributed by atoms with Crippen molar-refractivity contribution in [2.45, 2.75) is 25.8 Å². The number of nitrogens with two attached hydrogens (primary N) is 1. The van der Waals surface area contributed by atoms with E-state index in [1.54, 1.807) is 0 Å². The summed E-state index contributed by atoms with van der Waals surface area (Å²) in [5.41, 5.74) is 7.28. The Labute approximate surface area is 120 Å². The van der Waals surface area contributed by atoms with Gasteiger partial charge >= 0.3 is 0 Å². The summed E-state index contributed by atoms with van der Waals surface area (Å²) >= 11 is 0. The second kappa shape index (κ2) is 6.02. The van der Waals surface area contributed by atoms with Crippen LogP contribution < -0.4 is 15.2 Å². The minimum atomic E-state index is 0.294. The first-order valence-corrected chi connectivity index (χ1v) is 7.65. The molecule has 2 aliphatic heterocycles. The molecule has 2 N–H and O–H groups in total. The number of likely N-dealkylation sites (tertiary alicyclic amines) is 1. The summed E-state index contributed by atoms with van der Waals surface area (Å²) in [5, 5.41) is 0. The predicted octanol–water partition coefficient (Wildman–Crippen LogP) is 2.19. The van der Waals surface area contributed by atoms with Crippen LogP contribution in [0.2, 0.25) is 0 Å². The molecule has 2 unspecified atom stereocenters. The number of nitrogens with zero attached hydrogens (tertiary/aromatic N) is 1. The molecule has 0 saturated carbocycles. The maximum atomic E-state index is 6.03. The molecule has 1 fully saturated rings. The van der Waals surface area contributed by atoms with Gasteiger partial charge in [0.25, 0.3) is 0 Å². The Balaban J connectivity index is 1.79. The Bertz CT molecular complexity index is 464. The monoisotopic (exact) mass is 276 g/mol. The number of fused-ring (bicyclic) bond motifs is 1. The molecule has 4 heteroatoms. The lowest BCUT2D eigenvalue weighted by molar-refractivity contribution is 0.170. The molecule has 2 aliphatic rings. The van der Waals surface area contributed by atoms with Crippen molar-refractivity contribution < 1.29 is 9.47 Å². The zero-order chi connectivity index (χ0) is 13.9. The normalized spacial score (nSPS) is 23.8. The van der Waals surface area contributed by atoms with E-state index in [2.05, 4.69) is 24.0 Å². The fraction of sp³-hybridized carbons (Fsp3) is 0.625. The number of hydrogen-bond donors (Lipinski definition) is 1. The second-order valence-electron chi connectivity index (χ2n) is 5.71. The van der Waals surface area contributed by atoms with Crippen molar-refractivity contribution in [1.82, 2.24) is 4.90 Å². The molecule has 0 amide bonds. The predicted molar refractivity (Wildman–Crippen MR) is 79.2 cm³/mol. The summed E-state index contributed by atoms with van der Waals surface area (Å²) in [6, 6.07) is 6.54. The van der Waals surface area contributed by atoms with Crippen molar-refractivity contribution >= 4 is 0 Å². The molecule has 2 atom stereocenters. The van der Waals surface area contributed by atoms with Crippen molar-refractivity contribution in [2.24, 2.45) is 11.7 Å². The average molecular weight is 276 g/mol. The Hall–Kier alpha value is -1.26. The van der Waals surface area contributed by atoms with Crippen molar-refractivity contribution in [1.29, 1.82) is 0 Å². The van der Waals surface area contributed by atoms with Gasteiger partial charge in [-0.3, -0.25) is 4.90 Å². The first-order chi connectivity index (χ1) is 9.81. The van der Waals surface area contributed by atoms with Crippen LogP contribution in [0.1, 0.15) is 31.4 Å². The lowest BCUT2D eigenvalue weighted by Crippen LogP contribution is -2.32. The standard InChI is InChI=1S/C16H24N2O2/c1-2-12-5-6-18(11-12)14(10-17)13-3-4-15-16(9-13)20-8-7-19-15/h3-4,9,12,14H,2,5-8,10-11,17H2,1H3. The molecule has 110 valence electrons. The third-order valence-electron chi connectivity index (χ3n) is 4.51. The molecule has 0 aromatic heterocycles. The average Bonchev–Trinajstić information content (AvgIpc) is 2.97. The largest absolute Gasteiger partial charge is 0.486 e. The van der Waals surface area contributed by atoms with Crippen LogP contribution in [0.4, 0.5) is 0 Å². The van der Waals surface area contributed by atoms with Gasteiger partial charge in [0.1, 0.15) is 13.2 Å². The highest BCUT2D eigenvalue weighted by Gasteiger charge is 2.28. The minimum absolute atomic E-state index is 0.294. The maximum absolute atomic E-state index is 6.03. The number of hydrogen-bond acceptors (Lipinski definition) is 4. The van der Waals surface area contributed by atoms with Crippen molar-refractivity contribution in [3.8, 4) is 11.5 Å². The van der Waals surface area contributed by atoms with Gasteiger partial charge in [-0.2, -0.15) is 0 Å². The Morgan fingerprint density at radius 3 is 2.80 bits per heavy atom. The van der Waals surface area contributed by atoms with E-state index in [0.29, 0.717) is 25.8 Å². The van der Waals surface area contributed by atoms with E-state index in [0.717, 1.165) is 30.5 Å². The van der Waals surface area contributed by atoms with Crippen LogP contribution in [0.25, 0.3) is 0 Å². The van der Waals surface area contributed by atoms with Crippen molar-refractivity contribution in [2.75, 3.05) is 32.8 Å². The van der Waals surface area contributed by atoms with Gasteiger partial charge in [0.2, 0.25) is 0 Å². The van der Waals surface area contributed by atoms with Gasteiger partial charge in [-0.05, 0) is 36.6 Å².